The van der Waals surface area contributed by atoms with Crippen molar-refractivity contribution < 1.29 is 19.1 Å². The zero-order valence-electron chi connectivity index (χ0n) is 12.2. The monoisotopic (exact) mass is 321 g/mol. The number of ether oxygens (including phenoxy) is 2. The van der Waals surface area contributed by atoms with Crippen LogP contribution in [0, 0.1) is 6.92 Å². The Morgan fingerprint density at radius 2 is 2.14 bits per heavy atom. The third-order valence-corrected chi connectivity index (χ3v) is 3.31. The van der Waals surface area contributed by atoms with Gasteiger partial charge in [0.25, 0.3) is 0 Å². The number of nitrogens with zero attached hydrogens (tertiary/aromatic N) is 2. The van der Waals surface area contributed by atoms with Crippen molar-refractivity contribution in [2.75, 3.05) is 11.9 Å². The summed E-state index contributed by atoms with van der Waals surface area (Å²) < 4.78 is 10.2. The summed E-state index contributed by atoms with van der Waals surface area (Å²) in [6, 6.07) is 7.62. The normalized spacial score (nSPS) is 10.1. The minimum absolute atomic E-state index is 0.137. The van der Waals surface area contributed by atoms with E-state index in [9.17, 15) is 9.59 Å². The smallest absolute Gasteiger partial charge is 0.397 e. The lowest BCUT2D eigenvalue weighted by molar-refractivity contribution is -0.152. The van der Waals surface area contributed by atoms with Gasteiger partial charge in [-0.1, -0.05) is 23.5 Å². The molecular weight excluding hydrogens is 306 g/mol. The fourth-order valence-corrected chi connectivity index (χ4v) is 2.21. The standard InChI is InChI=1S/C14H15N3O4S/c1-3-20-13(19)12(18)15-14-17-16-11(22-14)8-21-10-6-4-5-9(2)7-10/h4-7H,3,8H2,1-2H3,(H,15,17,18). The number of aromatic nitrogens is 2. The second kappa shape index (κ2) is 7.51. The lowest BCUT2D eigenvalue weighted by Crippen LogP contribution is -2.24. The lowest BCUT2D eigenvalue weighted by atomic mass is 10.2. The van der Waals surface area contributed by atoms with Gasteiger partial charge in [-0.15, -0.1) is 10.2 Å². The maximum atomic E-state index is 11.5. The summed E-state index contributed by atoms with van der Waals surface area (Å²) in [6.07, 6.45) is 0. The van der Waals surface area contributed by atoms with Crippen LogP contribution in [0.3, 0.4) is 0 Å². The fraction of sp³-hybridized carbons (Fsp3) is 0.286. The Labute approximate surface area is 131 Å². The number of carbonyl (C=O) groups is 2. The molecule has 0 fully saturated rings. The van der Waals surface area contributed by atoms with Crippen LogP contribution in [0.25, 0.3) is 0 Å². The van der Waals surface area contributed by atoms with Crippen LogP contribution in [0.2, 0.25) is 0 Å². The van der Waals surface area contributed by atoms with Crippen molar-refractivity contribution in [1.82, 2.24) is 10.2 Å². The van der Waals surface area contributed by atoms with E-state index >= 15 is 0 Å². The number of esters is 1. The topological polar surface area (TPSA) is 90.4 Å². The highest BCUT2D eigenvalue weighted by molar-refractivity contribution is 7.15. The first-order valence-electron chi connectivity index (χ1n) is 6.58. The molecule has 1 heterocycles. The fourth-order valence-electron chi connectivity index (χ4n) is 1.56. The molecule has 1 aromatic carbocycles. The molecule has 0 atom stereocenters. The summed E-state index contributed by atoms with van der Waals surface area (Å²) in [6.45, 7) is 3.96. The van der Waals surface area contributed by atoms with Crippen LogP contribution in [0.15, 0.2) is 24.3 Å². The van der Waals surface area contributed by atoms with Gasteiger partial charge in [-0.3, -0.25) is 10.1 Å². The number of rotatable bonds is 5. The molecule has 22 heavy (non-hydrogen) atoms. The maximum Gasteiger partial charge on any atom is 0.397 e. The molecule has 0 radical (unpaired) electrons. The van der Waals surface area contributed by atoms with Gasteiger partial charge in [0.05, 0.1) is 6.61 Å². The molecule has 1 N–H and O–H groups in total. The van der Waals surface area contributed by atoms with Crippen molar-refractivity contribution in [1.29, 1.82) is 0 Å². The SMILES string of the molecule is CCOC(=O)C(=O)Nc1nnc(COc2cccc(C)c2)s1. The van der Waals surface area contributed by atoms with Gasteiger partial charge in [0.2, 0.25) is 5.13 Å². The largest absolute Gasteiger partial charge is 0.486 e. The van der Waals surface area contributed by atoms with Gasteiger partial charge < -0.3 is 9.47 Å². The van der Waals surface area contributed by atoms with E-state index in [0.29, 0.717) is 5.01 Å². The quantitative estimate of drug-likeness (QED) is 0.668. The number of aryl methyl sites for hydroxylation is 1. The number of nitrogens with one attached hydrogen (secondary N) is 1. The molecule has 1 amide bonds. The molecule has 2 aromatic rings. The predicted molar refractivity (Wildman–Crippen MR) is 80.7 cm³/mol. The molecule has 0 spiro atoms. The highest BCUT2D eigenvalue weighted by atomic mass is 32.1. The molecule has 0 aliphatic rings. The number of amides is 1. The Morgan fingerprint density at radius 3 is 2.86 bits per heavy atom. The summed E-state index contributed by atoms with van der Waals surface area (Å²) in [7, 11) is 0. The van der Waals surface area contributed by atoms with Gasteiger partial charge in [0, 0.05) is 0 Å². The van der Waals surface area contributed by atoms with Crippen LogP contribution in [0.1, 0.15) is 17.5 Å². The third kappa shape index (κ3) is 4.52. The number of anilines is 1. The molecule has 0 saturated heterocycles. The van der Waals surface area contributed by atoms with Crippen molar-refractivity contribution in [2.24, 2.45) is 0 Å². The van der Waals surface area contributed by atoms with E-state index in [1.54, 1.807) is 6.92 Å². The summed E-state index contributed by atoms with van der Waals surface area (Å²) in [4.78, 5) is 22.6. The van der Waals surface area contributed by atoms with Crippen molar-refractivity contribution in [3.63, 3.8) is 0 Å². The minimum atomic E-state index is -0.949. The van der Waals surface area contributed by atoms with Gasteiger partial charge in [0.1, 0.15) is 12.4 Å². The van der Waals surface area contributed by atoms with Gasteiger partial charge in [0.15, 0.2) is 5.01 Å². The predicted octanol–water partition coefficient (Wildman–Crippen LogP) is 1.93. The summed E-state index contributed by atoms with van der Waals surface area (Å²) in [5.41, 5.74) is 1.09. The van der Waals surface area contributed by atoms with Crippen LogP contribution >= 0.6 is 11.3 Å². The molecule has 0 aliphatic heterocycles. The van der Waals surface area contributed by atoms with Crippen LogP contribution < -0.4 is 10.1 Å². The Morgan fingerprint density at radius 1 is 1.32 bits per heavy atom. The first kappa shape index (κ1) is 15.9. The average Bonchev–Trinajstić information content (AvgIpc) is 2.93. The zero-order valence-corrected chi connectivity index (χ0v) is 13.0. The Hall–Kier alpha value is -2.48. The van der Waals surface area contributed by atoms with Gasteiger partial charge >= 0.3 is 11.9 Å². The average molecular weight is 321 g/mol. The van der Waals surface area contributed by atoms with Crippen molar-refractivity contribution in [3.8, 4) is 5.75 Å². The molecule has 1 aromatic heterocycles. The molecule has 8 heteroatoms. The van der Waals surface area contributed by atoms with Gasteiger partial charge in [-0.05, 0) is 31.5 Å². The van der Waals surface area contributed by atoms with E-state index in [-0.39, 0.29) is 18.3 Å². The Kier molecular flexibility index (Phi) is 5.42. The Bertz CT molecular complexity index is 672. The molecule has 0 saturated carbocycles. The summed E-state index contributed by atoms with van der Waals surface area (Å²) in [5, 5.41) is 10.8. The first-order valence-corrected chi connectivity index (χ1v) is 7.40. The molecule has 2 rings (SSSR count). The van der Waals surface area contributed by atoms with E-state index in [1.807, 2.05) is 31.2 Å². The van der Waals surface area contributed by atoms with E-state index in [0.717, 1.165) is 22.6 Å². The molecule has 0 aliphatic carbocycles. The maximum absolute atomic E-state index is 11.5. The highest BCUT2D eigenvalue weighted by Crippen LogP contribution is 2.18. The van der Waals surface area contributed by atoms with Crippen molar-refractivity contribution in [3.05, 3.63) is 34.8 Å². The van der Waals surface area contributed by atoms with Gasteiger partial charge in [-0.25, -0.2) is 4.79 Å². The van der Waals surface area contributed by atoms with E-state index in [4.69, 9.17) is 4.74 Å². The second-order valence-electron chi connectivity index (χ2n) is 4.28. The number of benzene rings is 1. The lowest BCUT2D eigenvalue weighted by Gasteiger charge is -2.03. The molecule has 0 unspecified atom stereocenters. The molecule has 7 nitrogen and oxygen atoms in total. The zero-order chi connectivity index (χ0) is 15.9. The molecule has 0 bridgehead atoms. The molecular formula is C14H15N3O4S. The third-order valence-electron chi connectivity index (χ3n) is 2.50. The highest BCUT2D eigenvalue weighted by Gasteiger charge is 2.17. The molecule has 116 valence electrons. The number of hydrogen-bond donors (Lipinski definition) is 1. The minimum Gasteiger partial charge on any atom is -0.486 e. The van der Waals surface area contributed by atoms with E-state index in [2.05, 4.69) is 20.3 Å². The summed E-state index contributed by atoms with van der Waals surface area (Å²) in [5.74, 6) is -1.09. The van der Waals surface area contributed by atoms with Crippen molar-refractivity contribution >= 4 is 28.3 Å². The van der Waals surface area contributed by atoms with Crippen LogP contribution in [-0.4, -0.2) is 28.7 Å². The van der Waals surface area contributed by atoms with Gasteiger partial charge in [-0.2, -0.15) is 0 Å². The van der Waals surface area contributed by atoms with Crippen molar-refractivity contribution in [2.45, 2.75) is 20.5 Å². The van der Waals surface area contributed by atoms with E-state index < -0.39 is 11.9 Å². The first-order chi connectivity index (χ1) is 10.6. The van der Waals surface area contributed by atoms with Crippen LogP contribution in [-0.2, 0) is 20.9 Å². The number of carbonyl (C=O) groups excluding carboxylic acids is 2. The second-order valence-corrected chi connectivity index (χ2v) is 5.34. The van der Waals surface area contributed by atoms with E-state index in [1.165, 1.54) is 0 Å². The summed E-state index contributed by atoms with van der Waals surface area (Å²) >= 11 is 1.13. The van der Waals surface area contributed by atoms with Crippen LogP contribution in [0.5, 0.6) is 5.75 Å². The number of hydrogen-bond acceptors (Lipinski definition) is 7. The Balaban J connectivity index is 1.89. The van der Waals surface area contributed by atoms with Crippen LogP contribution in [0.4, 0.5) is 5.13 Å².